The quantitative estimate of drug-likeness (QED) is 0.249. The first kappa shape index (κ1) is 26.2. The minimum Gasteiger partial charge on any atom is -0.462 e. The number of H-pyrrole nitrogens is 1. The SMILES string of the molecule is CCOC(=O)c1ccc(N2C(=O)[C@@H]3C(Cc4c[nH]c5ccccc45)NC4(C(=O)Nc5c(C)cc(C)cc54)[C@@H]3C2=O)cc1. The van der Waals surface area contributed by atoms with Gasteiger partial charge in [-0.15, -0.1) is 0 Å². The second-order valence-electron chi connectivity index (χ2n) is 11.4. The lowest BCUT2D eigenvalue weighted by atomic mass is 9.75. The Kier molecular flexibility index (Phi) is 5.85. The fourth-order valence-corrected chi connectivity index (χ4v) is 7.19. The molecule has 3 aliphatic heterocycles. The molecule has 0 aliphatic carbocycles. The van der Waals surface area contributed by atoms with Gasteiger partial charge < -0.3 is 15.0 Å². The average Bonchev–Trinajstić information content (AvgIpc) is 3.68. The van der Waals surface area contributed by atoms with Gasteiger partial charge in [0, 0.05) is 34.4 Å². The lowest BCUT2D eigenvalue weighted by molar-refractivity contribution is -0.130. The fraction of sp³-hybridized carbons (Fsp3) is 0.273. The number of para-hydroxylation sites is 1. The Balaban J connectivity index is 1.34. The van der Waals surface area contributed by atoms with Crippen molar-refractivity contribution in [1.29, 1.82) is 0 Å². The van der Waals surface area contributed by atoms with Crippen molar-refractivity contribution in [3.63, 3.8) is 0 Å². The summed E-state index contributed by atoms with van der Waals surface area (Å²) in [5.74, 6) is -3.35. The number of nitrogens with one attached hydrogen (secondary N) is 3. The highest BCUT2D eigenvalue weighted by Gasteiger charge is 2.70. The molecule has 0 saturated carbocycles. The van der Waals surface area contributed by atoms with Crippen LogP contribution in [0.1, 0.15) is 39.5 Å². The van der Waals surface area contributed by atoms with Gasteiger partial charge in [-0.3, -0.25) is 19.7 Å². The molecule has 4 aromatic rings. The monoisotopic (exact) mass is 562 g/mol. The highest BCUT2D eigenvalue weighted by Crippen LogP contribution is 2.54. The molecule has 2 unspecified atom stereocenters. The normalized spacial score (nSPS) is 24.4. The number of anilines is 2. The number of nitrogens with zero attached hydrogens (tertiary/aromatic N) is 1. The van der Waals surface area contributed by atoms with Crippen LogP contribution >= 0.6 is 0 Å². The number of carbonyl (C=O) groups excluding carboxylic acids is 4. The predicted molar refractivity (Wildman–Crippen MR) is 157 cm³/mol. The predicted octanol–water partition coefficient (Wildman–Crippen LogP) is 4.13. The van der Waals surface area contributed by atoms with E-state index in [2.05, 4.69) is 15.6 Å². The van der Waals surface area contributed by atoms with Crippen molar-refractivity contribution in [1.82, 2.24) is 10.3 Å². The van der Waals surface area contributed by atoms with Crippen molar-refractivity contribution >= 4 is 46.0 Å². The highest BCUT2D eigenvalue weighted by atomic mass is 16.5. The molecule has 9 nitrogen and oxygen atoms in total. The van der Waals surface area contributed by atoms with E-state index in [4.69, 9.17) is 4.74 Å². The Bertz CT molecular complexity index is 1810. The largest absolute Gasteiger partial charge is 0.462 e. The maximum absolute atomic E-state index is 14.4. The van der Waals surface area contributed by atoms with E-state index in [0.717, 1.165) is 27.6 Å². The summed E-state index contributed by atoms with van der Waals surface area (Å²) in [5.41, 5.74) is 4.49. The van der Waals surface area contributed by atoms with Crippen molar-refractivity contribution in [2.45, 2.75) is 38.8 Å². The van der Waals surface area contributed by atoms with Gasteiger partial charge in [-0.05, 0) is 68.7 Å². The number of benzene rings is 3. The van der Waals surface area contributed by atoms with Crippen LogP contribution in [0.4, 0.5) is 11.4 Å². The molecule has 2 saturated heterocycles. The van der Waals surface area contributed by atoms with Crippen LogP contribution in [0.25, 0.3) is 10.9 Å². The summed E-state index contributed by atoms with van der Waals surface area (Å²) in [6.45, 7) is 5.85. The zero-order chi connectivity index (χ0) is 29.3. The van der Waals surface area contributed by atoms with Crippen LogP contribution in [0.5, 0.6) is 0 Å². The molecule has 4 heterocycles. The van der Waals surface area contributed by atoms with E-state index in [-0.39, 0.29) is 18.4 Å². The van der Waals surface area contributed by atoms with Crippen LogP contribution < -0.4 is 15.5 Å². The fourth-order valence-electron chi connectivity index (χ4n) is 7.19. The Morgan fingerprint density at radius 1 is 1.00 bits per heavy atom. The van der Waals surface area contributed by atoms with E-state index < -0.39 is 35.3 Å². The molecule has 212 valence electrons. The molecule has 2 fully saturated rings. The van der Waals surface area contributed by atoms with E-state index in [9.17, 15) is 19.2 Å². The van der Waals surface area contributed by atoms with Crippen LogP contribution in [0.15, 0.2) is 66.9 Å². The van der Waals surface area contributed by atoms with Crippen molar-refractivity contribution in [2.75, 3.05) is 16.8 Å². The van der Waals surface area contributed by atoms with E-state index in [0.29, 0.717) is 28.9 Å². The van der Waals surface area contributed by atoms with Crippen LogP contribution in [-0.2, 0) is 31.1 Å². The highest BCUT2D eigenvalue weighted by molar-refractivity contribution is 6.26. The number of imide groups is 1. The molecular weight excluding hydrogens is 532 g/mol. The number of esters is 1. The summed E-state index contributed by atoms with van der Waals surface area (Å²) < 4.78 is 5.08. The van der Waals surface area contributed by atoms with Crippen molar-refractivity contribution in [3.05, 3.63) is 94.7 Å². The molecule has 3 amide bonds. The zero-order valence-electron chi connectivity index (χ0n) is 23.5. The van der Waals surface area contributed by atoms with Gasteiger partial charge in [-0.2, -0.15) is 0 Å². The zero-order valence-corrected chi connectivity index (χ0v) is 23.5. The number of aromatic amines is 1. The van der Waals surface area contributed by atoms with Crippen LogP contribution in [0.2, 0.25) is 0 Å². The number of aromatic nitrogens is 1. The summed E-state index contributed by atoms with van der Waals surface area (Å²) in [6, 6.07) is 17.6. The summed E-state index contributed by atoms with van der Waals surface area (Å²) in [6.07, 6.45) is 2.37. The van der Waals surface area contributed by atoms with E-state index in [1.165, 1.54) is 4.90 Å². The van der Waals surface area contributed by atoms with Gasteiger partial charge in [0.2, 0.25) is 17.7 Å². The first-order valence-electron chi connectivity index (χ1n) is 14.2. The standard InChI is InChI=1S/C33H30N4O5/c1-4-42-31(40)19-9-11-21(12-10-19)37-29(38)26-25(15-20-16-34-24-8-6-5-7-22(20)24)36-33(27(26)30(37)39)23-14-17(2)13-18(3)28(23)35-32(33)41/h5-14,16,25-27,34,36H,4,15H2,1-3H3,(H,35,41)/t25?,26-,27+,33?/m1/s1. The van der Waals surface area contributed by atoms with Gasteiger partial charge in [0.1, 0.15) is 5.54 Å². The number of hydrogen-bond acceptors (Lipinski definition) is 6. The third-order valence-corrected chi connectivity index (χ3v) is 8.92. The molecular formula is C33H30N4O5. The number of ether oxygens (including phenoxy) is 1. The molecule has 42 heavy (non-hydrogen) atoms. The van der Waals surface area contributed by atoms with Gasteiger partial charge >= 0.3 is 5.97 Å². The lowest BCUT2D eigenvalue weighted by Gasteiger charge is -2.30. The molecule has 3 N–H and O–H groups in total. The molecule has 0 bridgehead atoms. The number of carbonyl (C=O) groups is 4. The molecule has 9 heteroatoms. The Hall–Kier alpha value is -4.76. The van der Waals surface area contributed by atoms with Gasteiger partial charge in [0.15, 0.2) is 0 Å². The van der Waals surface area contributed by atoms with Crippen molar-refractivity contribution in [2.24, 2.45) is 11.8 Å². The molecule has 7 rings (SSSR count). The first-order valence-corrected chi connectivity index (χ1v) is 14.2. The third kappa shape index (κ3) is 3.59. The van der Waals surface area contributed by atoms with Crippen LogP contribution in [0, 0.1) is 25.7 Å². The van der Waals surface area contributed by atoms with Gasteiger partial charge in [0.05, 0.1) is 29.7 Å². The van der Waals surface area contributed by atoms with E-state index in [1.54, 1.807) is 31.2 Å². The molecule has 0 radical (unpaired) electrons. The summed E-state index contributed by atoms with van der Waals surface area (Å²) in [5, 5.41) is 7.61. The van der Waals surface area contributed by atoms with Crippen LogP contribution in [-0.4, -0.2) is 41.3 Å². The molecule has 3 aromatic carbocycles. The summed E-state index contributed by atoms with van der Waals surface area (Å²) in [4.78, 5) is 59.3. The lowest BCUT2D eigenvalue weighted by Crippen LogP contribution is -2.53. The second-order valence-corrected chi connectivity index (χ2v) is 11.4. The van der Waals surface area contributed by atoms with Crippen molar-refractivity contribution in [3.8, 4) is 0 Å². The molecule has 1 aromatic heterocycles. The van der Waals surface area contributed by atoms with Gasteiger partial charge in [-0.25, -0.2) is 9.69 Å². The average molecular weight is 563 g/mol. The Morgan fingerprint density at radius 2 is 1.76 bits per heavy atom. The number of rotatable bonds is 5. The number of hydrogen-bond donors (Lipinski definition) is 3. The van der Waals surface area contributed by atoms with Crippen LogP contribution in [0.3, 0.4) is 0 Å². The third-order valence-electron chi connectivity index (χ3n) is 8.92. The molecule has 4 atom stereocenters. The van der Waals surface area contributed by atoms with E-state index >= 15 is 0 Å². The Labute approximate surface area is 242 Å². The minimum atomic E-state index is -1.40. The number of fused-ring (bicyclic) bond motifs is 5. The smallest absolute Gasteiger partial charge is 0.338 e. The number of amides is 3. The van der Waals surface area contributed by atoms with Gasteiger partial charge in [-0.1, -0.05) is 35.9 Å². The maximum Gasteiger partial charge on any atom is 0.338 e. The molecule has 3 aliphatic rings. The van der Waals surface area contributed by atoms with Crippen molar-refractivity contribution < 1.29 is 23.9 Å². The number of aryl methyl sites for hydroxylation is 2. The Morgan fingerprint density at radius 3 is 2.52 bits per heavy atom. The first-order chi connectivity index (χ1) is 20.2. The van der Waals surface area contributed by atoms with Gasteiger partial charge in [0.25, 0.3) is 0 Å². The summed E-state index contributed by atoms with van der Waals surface area (Å²) >= 11 is 0. The summed E-state index contributed by atoms with van der Waals surface area (Å²) in [7, 11) is 0. The maximum atomic E-state index is 14.4. The molecule has 1 spiro atoms. The topological polar surface area (TPSA) is 121 Å². The van der Waals surface area contributed by atoms with E-state index in [1.807, 2.05) is 56.4 Å². The minimum absolute atomic E-state index is 0.239. The second kappa shape index (κ2) is 9.39.